The summed E-state index contributed by atoms with van der Waals surface area (Å²) in [4.78, 5) is 4.32. The lowest BCUT2D eigenvalue weighted by molar-refractivity contribution is 0.545. The lowest BCUT2D eigenvalue weighted by atomic mass is 9.98. The Labute approximate surface area is 120 Å². The summed E-state index contributed by atoms with van der Waals surface area (Å²) in [7, 11) is 0. The fourth-order valence-corrected chi connectivity index (χ4v) is 2.21. The van der Waals surface area contributed by atoms with E-state index in [4.69, 9.17) is 0 Å². The van der Waals surface area contributed by atoms with Crippen LogP contribution in [0.5, 0.6) is 0 Å². The van der Waals surface area contributed by atoms with E-state index in [0.29, 0.717) is 5.56 Å². The SMILES string of the molecule is CCCNC(c1ccc(C)nc1)c1ccc(C)cc1F. The largest absolute Gasteiger partial charge is 0.306 e. The van der Waals surface area contributed by atoms with Gasteiger partial charge in [-0.2, -0.15) is 0 Å². The standard InChI is InChI=1S/C17H21FN2/c1-4-9-19-17(14-7-6-13(3)20-11-14)15-8-5-12(2)10-16(15)18/h5-8,10-11,17,19H,4,9H2,1-3H3. The first-order valence-electron chi connectivity index (χ1n) is 7.03. The van der Waals surface area contributed by atoms with Crippen molar-refractivity contribution in [1.29, 1.82) is 0 Å². The van der Waals surface area contributed by atoms with E-state index in [-0.39, 0.29) is 11.9 Å². The van der Waals surface area contributed by atoms with Crippen LogP contribution in [0.15, 0.2) is 36.5 Å². The number of nitrogens with one attached hydrogen (secondary N) is 1. The maximum Gasteiger partial charge on any atom is 0.128 e. The van der Waals surface area contributed by atoms with Crippen molar-refractivity contribution in [1.82, 2.24) is 10.3 Å². The Morgan fingerprint density at radius 1 is 1.20 bits per heavy atom. The highest BCUT2D eigenvalue weighted by atomic mass is 19.1. The summed E-state index contributed by atoms with van der Waals surface area (Å²) >= 11 is 0. The summed E-state index contributed by atoms with van der Waals surface area (Å²) in [5.41, 5.74) is 3.57. The van der Waals surface area contributed by atoms with Crippen LogP contribution in [0, 0.1) is 19.7 Å². The maximum atomic E-state index is 14.2. The summed E-state index contributed by atoms with van der Waals surface area (Å²) in [6.07, 6.45) is 2.82. The molecule has 2 rings (SSSR count). The molecule has 1 atom stereocenters. The first-order valence-corrected chi connectivity index (χ1v) is 7.03. The first-order chi connectivity index (χ1) is 9.61. The Bertz CT molecular complexity index is 564. The Kier molecular flexibility index (Phi) is 4.85. The number of pyridine rings is 1. The van der Waals surface area contributed by atoms with E-state index >= 15 is 0 Å². The molecule has 20 heavy (non-hydrogen) atoms. The van der Waals surface area contributed by atoms with Gasteiger partial charge in [-0.15, -0.1) is 0 Å². The second-order valence-electron chi connectivity index (χ2n) is 5.15. The van der Waals surface area contributed by atoms with E-state index in [9.17, 15) is 4.39 Å². The monoisotopic (exact) mass is 272 g/mol. The molecule has 1 aromatic carbocycles. The van der Waals surface area contributed by atoms with E-state index in [0.717, 1.165) is 29.8 Å². The van der Waals surface area contributed by atoms with Crippen LogP contribution in [-0.2, 0) is 0 Å². The van der Waals surface area contributed by atoms with Gasteiger partial charge in [-0.1, -0.05) is 25.1 Å². The smallest absolute Gasteiger partial charge is 0.128 e. The minimum absolute atomic E-state index is 0.149. The highest BCUT2D eigenvalue weighted by Gasteiger charge is 2.17. The molecule has 0 saturated heterocycles. The summed E-state index contributed by atoms with van der Waals surface area (Å²) in [5, 5.41) is 3.40. The third kappa shape index (κ3) is 3.42. The molecule has 0 aliphatic carbocycles. The second-order valence-corrected chi connectivity index (χ2v) is 5.15. The minimum atomic E-state index is -0.167. The van der Waals surface area contributed by atoms with Gasteiger partial charge in [0.25, 0.3) is 0 Å². The Morgan fingerprint density at radius 2 is 2.00 bits per heavy atom. The van der Waals surface area contributed by atoms with Crippen molar-refractivity contribution in [3.8, 4) is 0 Å². The molecule has 0 aliphatic rings. The highest BCUT2D eigenvalue weighted by molar-refractivity contribution is 5.33. The van der Waals surface area contributed by atoms with Crippen molar-refractivity contribution in [2.75, 3.05) is 6.54 Å². The number of aromatic nitrogens is 1. The van der Waals surface area contributed by atoms with E-state index in [1.807, 2.05) is 44.3 Å². The summed E-state index contributed by atoms with van der Waals surface area (Å²) in [6, 6.07) is 9.20. The Hall–Kier alpha value is -1.74. The number of hydrogen-bond acceptors (Lipinski definition) is 2. The second kappa shape index (κ2) is 6.62. The molecule has 106 valence electrons. The molecule has 0 fully saturated rings. The van der Waals surface area contributed by atoms with Gasteiger partial charge >= 0.3 is 0 Å². The van der Waals surface area contributed by atoms with Crippen LogP contribution in [0.4, 0.5) is 4.39 Å². The molecule has 0 radical (unpaired) electrons. The number of rotatable bonds is 5. The first kappa shape index (κ1) is 14.7. The summed E-state index contributed by atoms with van der Waals surface area (Å²) in [5.74, 6) is -0.167. The molecule has 0 amide bonds. The number of halogens is 1. The average molecular weight is 272 g/mol. The van der Waals surface area contributed by atoms with Gasteiger partial charge in [0.05, 0.1) is 6.04 Å². The predicted molar refractivity (Wildman–Crippen MR) is 80.2 cm³/mol. The zero-order chi connectivity index (χ0) is 14.5. The van der Waals surface area contributed by atoms with Gasteiger partial charge in [-0.25, -0.2) is 4.39 Å². The molecule has 1 N–H and O–H groups in total. The van der Waals surface area contributed by atoms with Crippen molar-refractivity contribution in [3.05, 3.63) is 64.7 Å². The van der Waals surface area contributed by atoms with Crippen LogP contribution >= 0.6 is 0 Å². The Balaban J connectivity index is 2.38. The molecule has 0 spiro atoms. The average Bonchev–Trinajstić information content (AvgIpc) is 2.42. The van der Waals surface area contributed by atoms with Gasteiger partial charge in [-0.05, 0) is 50.1 Å². The summed E-state index contributed by atoms with van der Waals surface area (Å²) in [6.45, 7) is 6.79. The highest BCUT2D eigenvalue weighted by Crippen LogP contribution is 2.25. The third-order valence-corrected chi connectivity index (χ3v) is 3.33. The van der Waals surface area contributed by atoms with Gasteiger partial charge in [0.15, 0.2) is 0 Å². The molecule has 1 heterocycles. The molecular formula is C17H21FN2. The van der Waals surface area contributed by atoms with Crippen molar-refractivity contribution in [2.45, 2.75) is 33.2 Å². The predicted octanol–water partition coefficient (Wildman–Crippen LogP) is 3.93. The van der Waals surface area contributed by atoms with Gasteiger partial charge in [0.1, 0.15) is 5.82 Å². The quantitative estimate of drug-likeness (QED) is 0.892. The van der Waals surface area contributed by atoms with Crippen LogP contribution in [0.3, 0.4) is 0 Å². The van der Waals surface area contributed by atoms with Crippen LogP contribution in [0.25, 0.3) is 0 Å². The van der Waals surface area contributed by atoms with E-state index in [2.05, 4.69) is 17.2 Å². The van der Waals surface area contributed by atoms with Crippen molar-refractivity contribution >= 4 is 0 Å². The van der Waals surface area contributed by atoms with E-state index in [1.165, 1.54) is 0 Å². The van der Waals surface area contributed by atoms with Crippen molar-refractivity contribution in [3.63, 3.8) is 0 Å². The van der Waals surface area contributed by atoms with Crippen molar-refractivity contribution in [2.24, 2.45) is 0 Å². The summed E-state index contributed by atoms with van der Waals surface area (Å²) < 4.78 is 14.2. The van der Waals surface area contributed by atoms with Gasteiger partial charge in [-0.3, -0.25) is 4.98 Å². The molecule has 0 aliphatic heterocycles. The van der Waals surface area contributed by atoms with Crippen LogP contribution in [0.1, 0.15) is 41.8 Å². The fraction of sp³-hybridized carbons (Fsp3) is 0.353. The number of aryl methyl sites for hydroxylation is 2. The third-order valence-electron chi connectivity index (χ3n) is 3.33. The number of benzene rings is 1. The lowest BCUT2D eigenvalue weighted by Gasteiger charge is -2.20. The maximum absolute atomic E-state index is 14.2. The van der Waals surface area contributed by atoms with Gasteiger partial charge < -0.3 is 5.32 Å². The lowest BCUT2D eigenvalue weighted by Crippen LogP contribution is -2.24. The number of nitrogens with zero attached hydrogens (tertiary/aromatic N) is 1. The molecular weight excluding hydrogens is 251 g/mol. The topological polar surface area (TPSA) is 24.9 Å². The molecule has 2 nitrogen and oxygen atoms in total. The molecule has 1 unspecified atom stereocenters. The van der Waals surface area contributed by atoms with Crippen LogP contribution in [0.2, 0.25) is 0 Å². The van der Waals surface area contributed by atoms with Crippen molar-refractivity contribution < 1.29 is 4.39 Å². The zero-order valence-corrected chi connectivity index (χ0v) is 12.3. The molecule has 1 aromatic heterocycles. The Morgan fingerprint density at radius 3 is 2.60 bits per heavy atom. The normalized spacial score (nSPS) is 12.4. The molecule has 2 aromatic rings. The number of hydrogen-bond donors (Lipinski definition) is 1. The van der Waals surface area contributed by atoms with E-state index < -0.39 is 0 Å². The molecule has 3 heteroatoms. The van der Waals surface area contributed by atoms with E-state index in [1.54, 1.807) is 6.07 Å². The molecule has 0 saturated carbocycles. The zero-order valence-electron chi connectivity index (χ0n) is 12.3. The van der Waals surface area contributed by atoms with Crippen LogP contribution < -0.4 is 5.32 Å². The fourth-order valence-electron chi connectivity index (χ4n) is 2.21. The van der Waals surface area contributed by atoms with Crippen LogP contribution in [-0.4, -0.2) is 11.5 Å². The van der Waals surface area contributed by atoms with Gasteiger partial charge in [0, 0.05) is 17.5 Å². The molecule has 0 bridgehead atoms. The minimum Gasteiger partial charge on any atom is -0.306 e. The van der Waals surface area contributed by atoms with Gasteiger partial charge in [0.2, 0.25) is 0 Å².